The van der Waals surface area contributed by atoms with Gasteiger partial charge in [0.25, 0.3) is 0 Å². The Hall–Kier alpha value is -1.50. The summed E-state index contributed by atoms with van der Waals surface area (Å²) in [6.45, 7) is 3.18. The first-order chi connectivity index (χ1) is 10.7. The fourth-order valence-corrected chi connectivity index (χ4v) is 4.86. The van der Waals surface area contributed by atoms with Crippen LogP contribution in [0, 0.1) is 11.7 Å². The first-order valence-electron chi connectivity index (χ1n) is 7.68. The molecule has 4 aliphatic heterocycles. The highest BCUT2D eigenvalue weighted by Crippen LogP contribution is 2.41. The largest absolute Gasteiger partial charge is 0.298 e. The van der Waals surface area contributed by atoms with Gasteiger partial charge in [-0.3, -0.25) is 4.90 Å². The Morgan fingerprint density at radius 1 is 1.32 bits per heavy atom. The van der Waals surface area contributed by atoms with Gasteiger partial charge < -0.3 is 0 Å². The van der Waals surface area contributed by atoms with Gasteiger partial charge in [0.1, 0.15) is 5.82 Å². The third-order valence-electron chi connectivity index (χ3n) is 5.02. The molecule has 4 nitrogen and oxygen atoms in total. The molecule has 0 radical (unpaired) electrons. The highest BCUT2D eigenvalue weighted by atomic mass is 32.1. The third-order valence-corrected chi connectivity index (χ3v) is 6.12. The number of thiophene rings is 1. The Balaban J connectivity index is 1.53. The van der Waals surface area contributed by atoms with E-state index >= 15 is 0 Å². The van der Waals surface area contributed by atoms with Gasteiger partial charge in [-0.15, -0.1) is 11.3 Å². The molecule has 3 saturated heterocycles. The predicted octanol–water partition coefficient (Wildman–Crippen LogP) is 2.74. The number of nitrogens with zero attached hydrogens (tertiary/aromatic N) is 2. The number of hydroxylamine groups is 1. The van der Waals surface area contributed by atoms with Gasteiger partial charge in [0.2, 0.25) is 5.72 Å². The van der Waals surface area contributed by atoms with Gasteiger partial charge in [-0.1, -0.05) is 6.07 Å². The van der Waals surface area contributed by atoms with E-state index in [0.29, 0.717) is 5.92 Å². The first kappa shape index (κ1) is 13.0. The number of rotatable bonds is 1. The minimum Gasteiger partial charge on any atom is -0.298 e. The molecule has 22 heavy (non-hydrogen) atoms. The van der Waals surface area contributed by atoms with E-state index in [2.05, 4.69) is 16.4 Å². The smallest absolute Gasteiger partial charge is 0.202 e. The molecule has 1 aromatic carbocycles. The molecule has 2 aromatic rings. The number of piperidine rings is 3. The molecule has 1 spiro atoms. The monoisotopic (exact) mass is 317 g/mol. The van der Waals surface area contributed by atoms with Crippen molar-refractivity contribution in [3.8, 4) is 0 Å². The molecule has 3 fully saturated rings. The summed E-state index contributed by atoms with van der Waals surface area (Å²) in [5, 5.41) is 1.04. The van der Waals surface area contributed by atoms with Crippen molar-refractivity contribution in [1.29, 1.82) is 0 Å². The van der Waals surface area contributed by atoms with Crippen molar-refractivity contribution < 1.29 is 9.23 Å². The molecule has 1 unspecified atom stereocenters. The normalized spacial score (nSPS) is 33.4. The van der Waals surface area contributed by atoms with Crippen molar-refractivity contribution in [2.75, 3.05) is 19.6 Å². The van der Waals surface area contributed by atoms with E-state index in [9.17, 15) is 4.39 Å². The van der Waals surface area contributed by atoms with E-state index in [1.165, 1.54) is 6.07 Å². The van der Waals surface area contributed by atoms with Crippen LogP contribution in [0.4, 0.5) is 4.39 Å². The maximum atomic E-state index is 13.3. The molecule has 0 saturated carbocycles. The summed E-state index contributed by atoms with van der Waals surface area (Å²) < 4.78 is 14.3. The fraction of sp³-hybridized carbons (Fsp3) is 0.438. The lowest BCUT2D eigenvalue weighted by Gasteiger charge is -2.47. The Kier molecular flexibility index (Phi) is 2.66. The van der Waals surface area contributed by atoms with Crippen molar-refractivity contribution in [3.05, 3.63) is 35.0 Å². The minimum absolute atomic E-state index is 0.202. The lowest BCUT2D eigenvalue weighted by atomic mass is 9.81. The Labute approximate surface area is 131 Å². The quantitative estimate of drug-likeness (QED) is 0.879. The van der Waals surface area contributed by atoms with E-state index in [0.717, 1.165) is 53.3 Å². The van der Waals surface area contributed by atoms with Gasteiger partial charge in [-0.05, 0) is 49.5 Å². The van der Waals surface area contributed by atoms with Gasteiger partial charge in [0.05, 0.1) is 11.4 Å². The summed E-state index contributed by atoms with van der Waals surface area (Å²) >= 11 is 1.55. The van der Waals surface area contributed by atoms with Gasteiger partial charge in [-0.2, -0.15) is 0 Å². The standard InChI is InChI=1S/C16H16FN3OS/c17-12-2-1-10-7-14(22-13(10)8-12)15-18-16(21-19-15)9-20-5-3-11(16)4-6-20/h1-2,7-8,11H,3-6,9H2,(H,18,19). The van der Waals surface area contributed by atoms with Gasteiger partial charge in [-0.25, -0.2) is 19.7 Å². The molecule has 4 aliphatic rings. The molecule has 6 rings (SSSR count). The summed E-state index contributed by atoms with van der Waals surface area (Å²) in [7, 11) is 0. The third kappa shape index (κ3) is 1.84. The number of hydrogen-bond donors (Lipinski definition) is 1. The fourth-order valence-electron chi connectivity index (χ4n) is 3.83. The Morgan fingerprint density at radius 3 is 2.95 bits per heavy atom. The van der Waals surface area contributed by atoms with Gasteiger partial charge in [0, 0.05) is 10.6 Å². The first-order valence-corrected chi connectivity index (χ1v) is 8.49. The second-order valence-electron chi connectivity index (χ2n) is 6.35. The molecule has 6 heteroatoms. The molecule has 114 valence electrons. The molecule has 2 bridgehead atoms. The molecule has 0 aliphatic carbocycles. The van der Waals surface area contributed by atoms with Crippen LogP contribution in [0.3, 0.4) is 0 Å². The topological polar surface area (TPSA) is 36.9 Å². The molecular formula is C16H16FN3OS. The molecule has 1 aromatic heterocycles. The maximum absolute atomic E-state index is 13.3. The zero-order valence-corrected chi connectivity index (χ0v) is 12.8. The van der Waals surface area contributed by atoms with Crippen LogP contribution in [0.5, 0.6) is 0 Å². The number of aliphatic imine (C=N–C) groups is 1. The second kappa shape index (κ2) is 4.50. The molecule has 5 heterocycles. The van der Waals surface area contributed by atoms with Crippen molar-refractivity contribution >= 4 is 27.3 Å². The van der Waals surface area contributed by atoms with Crippen LogP contribution in [-0.2, 0) is 4.84 Å². The van der Waals surface area contributed by atoms with Crippen LogP contribution in [-0.4, -0.2) is 36.1 Å². The van der Waals surface area contributed by atoms with E-state index in [-0.39, 0.29) is 5.82 Å². The summed E-state index contributed by atoms with van der Waals surface area (Å²) in [5.41, 5.74) is 2.61. The molecular weight excluding hydrogens is 301 g/mol. The maximum Gasteiger partial charge on any atom is 0.202 e. The highest BCUT2D eigenvalue weighted by molar-refractivity contribution is 7.20. The SMILES string of the molecule is Fc1ccc2cc(C3=NC4(CN5CCC4CC5)ON3)sc2c1. The summed E-state index contributed by atoms with van der Waals surface area (Å²) in [6, 6.07) is 6.93. The number of halogens is 1. The van der Waals surface area contributed by atoms with Crippen LogP contribution in [0.2, 0.25) is 0 Å². The Morgan fingerprint density at radius 2 is 2.18 bits per heavy atom. The summed E-state index contributed by atoms with van der Waals surface area (Å²) in [6.07, 6.45) is 2.30. The van der Waals surface area contributed by atoms with Crippen LogP contribution in [0.1, 0.15) is 17.7 Å². The summed E-state index contributed by atoms with van der Waals surface area (Å²) in [4.78, 5) is 14.3. The van der Waals surface area contributed by atoms with E-state index in [4.69, 9.17) is 9.83 Å². The van der Waals surface area contributed by atoms with Crippen LogP contribution in [0.25, 0.3) is 10.1 Å². The molecule has 1 N–H and O–H groups in total. The lowest BCUT2D eigenvalue weighted by molar-refractivity contribution is -0.155. The van der Waals surface area contributed by atoms with E-state index < -0.39 is 5.72 Å². The van der Waals surface area contributed by atoms with E-state index in [1.807, 2.05) is 6.07 Å². The van der Waals surface area contributed by atoms with Gasteiger partial charge in [0.15, 0.2) is 5.84 Å². The zero-order valence-electron chi connectivity index (χ0n) is 12.0. The number of hydrogen-bond acceptors (Lipinski definition) is 5. The average molecular weight is 317 g/mol. The number of fused-ring (bicyclic) bond motifs is 3. The average Bonchev–Trinajstić information content (AvgIpc) is 3.12. The Bertz CT molecular complexity index is 781. The van der Waals surface area contributed by atoms with Crippen LogP contribution < -0.4 is 5.48 Å². The van der Waals surface area contributed by atoms with Crippen LogP contribution >= 0.6 is 11.3 Å². The van der Waals surface area contributed by atoms with Crippen molar-refractivity contribution in [2.24, 2.45) is 10.9 Å². The number of amidine groups is 1. The minimum atomic E-state index is -0.423. The van der Waals surface area contributed by atoms with E-state index in [1.54, 1.807) is 17.4 Å². The zero-order chi connectivity index (χ0) is 14.7. The molecule has 0 amide bonds. The van der Waals surface area contributed by atoms with Crippen molar-refractivity contribution in [3.63, 3.8) is 0 Å². The highest BCUT2D eigenvalue weighted by Gasteiger charge is 2.51. The van der Waals surface area contributed by atoms with Crippen molar-refractivity contribution in [1.82, 2.24) is 10.4 Å². The number of benzene rings is 1. The van der Waals surface area contributed by atoms with Gasteiger partial charge >= 0.3 is 0 Å². The number of nitrogens with one attached hydrogen (secondary N) is 1. The van der Waals surface area contributed by atoms with Crippen LogP contribution in [0.15, 0.2) is 29.3 Å². The second-order valence-corrected chi connectivity index (χ2v) is 7.44. The summed E-state index contributed by atoms with van der Waals surface area (Å²) in [5.74, 6) is 1.08. The predicted molar refractivity (Wildman–Crippen MR) is 84.4 cm³/mol. The molecule has 1 atom stereocenters. The lowest BCUT2D eigenvalue weighted by Crippen LogP contribution is -2.58. The van der Waals surface area contributed by atoms with Crippen molar-refractivity contribution in [2.45, 2.75) is 18.6 Å².